The molecule has 0 aliphatic carbocycles. The summed E-state index contributed by atoms with van der Waals surface area (Å²) in [4.78, 5) is 57.7. The molecule has 2 aliphatic rings. The van der Waals surface area contributed by atoms with Gasteiger partial charge >= 0.3 is 44.5 Å². The molecule has 194 valence electrons. The van der Waals surface area contributed by atoms with Crippen molar-refractivity contribution in [2.75, 3.05) is 0 Å². The van der Waals surface area contributed by atoms with Gasteiger partial charge in [0.2, 0.25) is 0 Å². The summed E-state index contributed by atoms with van der Waals surface area (Å²) in [6.45, 7) is 0. The van der Waals surface area contributed by atoms with Crippen molar-refractivity contribution < 1.29 is 52.4 Å². The van der Waals surface area contributed by atoms with Crippen LogP contribution in [0.25, 0.3) is 46.4 Å². The molecule has 3 aromatic rings. The molecule has 0 fully saturated rings. The van der Waals surface area contributed by atoms with Crippen molar-refractivity contribution in [3.05, 3.63) is 87.5 Å². The normalized spacial score (nSPS) is 11.1. The number of nitrogens with zero attached hydrogens (tertiary/aromatic N) is 6. The van der Waals surface area contributed by atoms with Gasteiger partial charge in [0.15, 0.2) is 0 Å². The van der Waals surface area contributed by atoms with Gasteiger partial charge in [0.1, 0.15) is 44.8 Å². The van der Waals surface area contributed by atoms with Crippen molar-refractivity contribution in [1.82, 2.24) is 19.9 Å². The quantitative estimate of drug-likeness (QED) is 0.177. The number of fused-ring (bicyclic) bond motifs is 8. The molecule has 19 heteroatoms. The molecule has 0 amide bonds. The summed E-state index contributed by atoms with van der Waals surface area (Å²) in [5.41, 5.74) is -3.86. The van der Waals surface area contributed by atoms with Gasteiger partial charge in [-0.1, -0.05) is 0 Å². The zero-order valence-corrected chi connectivity index (χ0v) is 20.4. The molecule has 0 atom stereocenters. The molecule has 0 aromatic carbocycles. The van der Waals surface area contributed by atoms with Crippen molar-refractivity contribution >= 4 is 69.1 Å². The molecule has 2 aliphatic heterocycles. The Balaban J connectivity index is 0.00000178. The van der Waals surface area contributed by atoms with E-state index in [9.17, 15) is 40.5 Å². The van der Waals surface area contributed by atoms with E-state index in [-0.39, 0.29) is 77.5 Å². The Hall–Kier alpha value is -5.17. The third kappa shape index (κ3) is 5.02. The summed E-state index contributed by atoms with van der Waals surface area (Å²) in [5.74, 6) is 0. The van der Waals surface area contributed by atoms with Crippen LogP contribution in [0.3, 0.4) is 0 Å². The van der Waals surface area contributed by atoms with Crippen LogP contribution in [-0.4, -0.2) is 39.6 Å². The fourth-order valence-corrected chi connectivity index (χ4v) is 3.91. The van der Waals surface area contributed by atoms with E-state index in [4.69, 9.17) is 0 Å². The maximum absolute atomic E-state index is 11.9. The number of H-pyrrole nitrogens is 2. The van der Waals surface area contributed by atoms with Gasteiger partial charge in [-0.3, -0.25) is 40.5 Å². The Bertz CT molecular complexity index is 1660. The van der Waals surface area contributed by atoms with Crippen molar-refractivity contribution in [3.8, 4) is 0 Å². The molecule has 0 spiro atoms. The van der Waals surface area contributed by atoms with E-state index < -0.39 is 42.4 Å². The summed E-state index contributed by atoms with van der Waals surface area (Å²) in [6, 6.07) is 4.92. The van der Waals surface area contributed by atoms with Crippen molar-refractivity contribution in [2.45, 2.75) is 0 Å². The van der Waals surface area contributed by atoms with Gasteiger partial charge in [-0.05, 0) is 48.6 Å². The SMILES string of the molecule is O=[N+]([O-])c1c2nc(c([N+](=O)[O-])c3ccc([nH]3)c([N+](=O)[O-])c3ccc([nH]3)c([N+](=O)[O-])c3nc1C=C3)C=C2.[O-2].[O-2].[Ti+4]. The molecule has 5 rings (SSSR count). The van der Waals surface area contributed by atoms with Gasteiger partial charge in [-0.2, -0.15) is 0 Å². The van der Waals surface area contributed by atoms with Gasteiger partial charge < -0.3 is 20.9 Å². The average Bonchev–Trinajstić information content (AvgIpc) is 3.57. The number of nitro groups is 4. The van der Waals surface area contributed by atoms with E-state index in [1.54, 1.807) is 0 Å². The smallest absolute Gasteiger partial charge is 2.00 e. The van der Waals surface area contributed by atoms with E-state index in [1.807, 2.05) is 0 Å². The summed E-state index contributed by atoms with van der Waals surface area (Å²) >= 11 is 0. The first kappa shape index (κ1) is 30.1. The summed E-state index contributed by atoms with van der Waals surface area (Å²) < 4.78 is 0. The Labute approximate surface area is 228 Å². The van der Waals surface area contributed by atoms with Gasteiger partial charge in [0.05, 0.1) is 19.7 Å². The molecule has 0 saturated heterocycles. The minimum atomic E-state index is -0.795. The number of aromatic amines is 2. The molecule has 0 saturated carbocycles. The van der Waals surface area contributed by atoms with Crippen LogP contribution in [0, 0.1) is 40.5 Å². The monoisotopic (exact) mass is 570 g/mol. The maximum Gasteiger partial charge on any atom is 4.00 e. The van der Waals surface area contributed by atoms with Crippen molar-refractivity contribution in [1.29, 1.82) is 0 Å². The summed E-state index contributed by atoms with van der Waals surface area (Å²) in [7, 11) is 0. The molecule has 0 unspecified atom stereocenters. The Morgan fingerprint density at radius 2 is 0.744 bits per heavy atom. The first-order valence-electron chi connectivity index (χ1n) is 9.89. The van der Waals surface area contributed by atoms with Crippen molar-refractivity contribution in [3.63, 3.8) is 0 Å². The van der Waals surface area contributed by atoms with Crippen LogP contribution in [0.4, 0.5) is 22.7 Å². The minimum absolute atomic E-state index is 0. The number of hydrogen-bond donors (Lipinski definition) is 2. The van der Waals surface area contributed by atoms with Gasteiger partial charge in [0, 0.05) is 0 Å². The molecule has 2 N–H and O–H groups in total. The second kappa shape index (κ2) is 11.1. The second-order valence-electron chi connectivity index (χ2n) is 7.43. The van der Waals surface area contributed by atoms with E-state index in [0.717, 1.165) is 0 Å². The molecular weight excluding hydrogens is 560 g/mol. The zero-order valence-electron chi connectivity index (χ0n) is 18.9. The molecule has 8 bridgehead atoms. The largest absolute Gasteiger partial charge is 4.00 e. The fourth-order valence-electron chi connectivity index (χ4n) is 3.91. The first-order valence-corrected chi connectivity index (χ1v) is 9.89. The van der Waals surface area contributed by atoms with Crippen LogP contribution >= 0.6 is 0 Å². The third-order valence-corrected chi connectivity index (χ3v) is 5.37. The Kier molecular flexibility index (Phi) is 8.53. The molecular formula is C20H10N8O10Ti. The molecule has 0 radical (unpaired) electrons. The average molecular weight is 570 g/mol. The maximum atomic E-state index is 11.9. The van der Waals surface area contributed by atoms with Gasteiger partial charge in [-0.15, -0.1) is 0 Å². The van der Waals surface area contributed by atoms with Crippen molar-refractivity contribution in [2.24, 2.45) is 0 Å². The summed E-state index contributed by atoms with van der Waals surface area (Å²) in [6.07, 6.45) is 4.72. The second-order valence-corrected chi connectivity index (χ2v) is 7.43. The zero-order chi connectivity index (χ0) is 25.7. The van der Waals surface area contributed by atoms with Crippen LogP contribution in [0.15, 0.2) is 24.3 Å². The van der Waals surface area contributed by atoms with Crippen LogP contribution in [-0.2, 0) is 32.7 Å². The van der Waals surface area contributed by atoms with Crippen LogP contribution in [0.2, 0.25) is 0 Å². The molecule has 5 heterocycles. The number of rotatable bonds is 4. The van der Waals surface area contributed by atoms with Crippen LogP contribution < -0.4 is 0 Å². The number of nitrogens with one attached hydrogen (secondary N) is 2. The van der Waals surface area contributed by atoms with Gasteiger partial charge in [0.25, 0.3) is 0 Å². The van der Waals surface area contributed by atoms with Crippen LogP contribution in [0.1, 0.15) is 22.8 Å². The number of aromatic nitrogens is 4. The van der Waals surface area contributed by atoms with Crippen LogP contribution in [0.5, 0.6) is 0 Å². The van der Waals surface area contributed by atoms with E-state index >= 15 is 0 Å². The summed E-state index contributed by atoms with van der Waals surface area (Å²) in [5, 5.41) is 47.5. The Morgan fingerprint density at radius 1 is 0.487 bits per heavy atom. The van der Waals surface area contributed by atoms with E-state index in [2.05, 4.69) is 19.9 Å². The van der Waals surface area contributed by atoms with E-state index in [1.165, 1.54) is 48.6 Å². The molecule has 39 heavy (non-hydrogen) atoms. The predicted molar refractivity (Wildman–Crippen MR) is 127 cm³/mol. The predicted octanol–water partition coefficient (Wildman–Crippen LogP) is 4.05. The third-order valence-electron chi connectivity index (χ3n) is 5.37. The van der Waals surface area contributed by atoms with Gasteiger partial charge in [-0.25, -0.2) is 9.97 Å². The standard InChI is InChI=1S/C20H10N8O8.2O.Ti/c29-25(30)17-9-1-2-10(21-9)18(26(31)32)12-5-6-14(23-12)20(28(35)36)16-8-7-15(24-16)19(27(33)34)13-4-3-11(17)22-13;;;/h1-8,21-22H;;;/q;2*-2;+4. The first-order chi connectivity index (χ1) is 17.2. The molecule has 18 nitrogen and oxygen atoms in total. The topological polar surface area (TPSA) is 287 Å². The minimum Gasteiger partial charge on any atom is -2.00 e. The Morgan fingerprint density at radius 3 is 1.03 bits per heavy atom. The fraction of sp³-hybridized carbons (Fsp3) is 0. The molecule has 3 aromatic heterocycles. The number of hydrogen-bond acceptors (Lipinski definition) is 10. The van der Waals surface area contributed by atoms with E-state index in [0.29, 0.717) is 0 Å².